The zero-order valence-corrected chi connectivity index (χ0v) is 33.1. The Morgan fingerprint density at radius 3 is 2.64 bits per heavy atom. The van der Waals surface area contributed by atoms with Crippen LogP contribution in [0.1, 0.15) is 64.4 Å². The summed E-state index contributed by atoms with van der Waals surface area (Å²) in [4.78, 5) is 32.2. The van der Waals surface area contributed by atoms with Crippen molar-refractivity contribution in [3.05, 3.63) is 47.7 Å². The largest absolute Gasteiger partial charge is 0.508 e. The zero-order valence-electron chi connectivity index (χ0n) is 33.1. The van der Waals surface area contributed by atoms with Crippen LogP contribution in [0.5, 0.6) is 11.8 Å². The van der Waals surface area contributed by atoms with E-state index in [4.69, 9.17) is 25.6 Å². The fourth-order valence-corrected chi connectivity index (χ4v) is 9.30. The lowest BCUT2D eigenvalue weighted by atomic mass is 9.75. The van der Waals surface area contributed by atoms with E-state index in [-0.39, 0.29) is 56.9 Å². The molecule has 2 atom stereocenters. The molecule has 0 spiro atoms. The molecule has 3 aliphatic heterocycles. The summed E-state index contributed by atoms with van der Waals surface area (Å²) in [5.41, 5.74) is -2.93. The van der Waals surface area contributed by atoms with Crippen molar-refractivity contribution in [3.8, 4) is 35.4 Å². The van der Waals surface area contributed by atoms with Crippen LogP contribution in [0.3, 0.4) is 0 Å². The third kappa shape index (κ3) is 7.79. The van der Waals surface area contributed by atoms with Crippen molar-refractivity contribution in [2.24, 2.45) is 11.3 Å². The predicted octanol–water partition coefficient (Wildman–Crippen LogP) is 7.85. The molecule has 11 nitrogen and oxygen atoms in total. The monoisotopic (exact) mass is 822 g/mol. The van der Waals surface area contributed by atoms with Crippen molar-refractivity contribution >= 4 is 33.6 Å². The summed E-state index contributed by atoms with van der Waals surface area (Å²) < 4.78 is 88.8. The fraction of sp³-hybridized carbons (Fsp3) is 0.535. The van der Waals surface area contributed by atoms with E-state index in [2.05, 4.69) is 20.8 Å². The highest BCUT2D eigenvalue weighted by Crippen LogP contribution is 2.48. The van der Waals surface area contributed by atoms with Crippen LogP contribution in [-0.4, -0.2) is 113 Å². The smallest absolute Gasteiger partial charge is 0.427 e. The van der Waals surface area contributed by atoms with Crippen LogP contribution >= 0.6 is 0 Å². The molecule has 3 saturated heterocycles. The second-order valence-corrected chi connectivity index (χ2v) is 16.8. The fourth-order valence-electron chi connectivity index (χ4n) is 9.30. The highest BCUT2D eigenvalue weighted by Gasteiger charge is 2.52. The number of carbonyl (C=O) groups excluding carboxylic acids is 1. The van der Waals surface area contributed by atoms with E-state index in [1.807, 2.05) is 4.90 Å². The second kappa shape index (κ2) is 15.9. The van der Waals surface area contributed by atoms with E-state index in [0.717, 1.165) is 71.9 Å². The van der Waals surface area contributed by atoms with Crippen LogP contribution in [0.4, 0.5) is 32.6 Å². The molecule has 1 N–H and O–H groups in total. The number of amides is 1. The number of likely N-dealkylation sites (tertiary alicyclic amines) is 2. The van der Waals surface area contributed by atoms with E-state index in [0.29, 0.717) is 62.6 Å². The lowest BCUT2D eigenvalue weighted by Crippen LogP contribution is -2.56. The number of aromatic hydroxyl groups is 1. The summed E-state index contributed by atoms with van der Waals surface area (Å²) in [5.74, 6) is 1.35. The molecule has 314 valence electrons. The number of rotatable bonds is 9. The SMILES string of the molecule is C#Cc1c(F)ccc2cc(O)cc(-c3ncc4c(N5CCCOCC5)nc(OCC56CCCC5N(CCC5CN(C(=O)OC(C)(C)C(F)(F)F)C5)CCC6)nc4c3F)c12. The Morgan fingerprint density at radius 1 is 1.07 bits per heavy atom. The molecular weight excluding hydrogens is 776 g/mol. The molecule has 0 radical (unpaired) electrons. The van der Waals surface area contributed by atoms with E-state index in [9.17, 15) is 27.5 Å². The number of fused-ring (bicyclic) bond motifs is 3. The Balaban J connectivity index is 1.04. The second-order valence-electron chi connectivity index (χ2n) is 16.8. The van der Waals surface area contributed by atoms with Crippen LogP contribution in [0, 0.1) is 35.3 Å². The number of piperidine rings is 1. The van der Waals surface area contributed by atoms with Gasteiger partial charge in [0.1, 0.15) is 28.6 Å². The van der Waals surface area contributed by atoms with Crippen molar-refractivity contribution < 1.29 is 46.1 Å². The van der Waals surface area contributed by atoms with Gasteiger partial charge in [-0.05, 0) is 95.0 Å². The maximum atomic E-state index is 17.0. The van der Waals surface area contributed by atoms with Gasteiger partial charge in [0.2, 0.25) is 5.60 Å². The van der Waals surface area contributed by atoms with Gasteiger partial charge in [-0.1, -0.05) is 18.4 Å². The van der Waals surface area contributed by atoms with Crippen molar-refractivity contribution in [2.75, 3.05) is 64.0 Å². The molecule has 0 bridgehead atoms. The minimum absolute atomic E-state index is 0.0112. The molecule has 2 aromatic carbocycles. The number of phenolic OH excluding ortho intramolecular Hbond substituents is 1. The molecule has 16 heteroatoms. The van der Waals surface area contributed by atoms with Crippen molar-refractivity contribution in [1.29, 1.82) is 0 Å². The van der Waals surface area contributed by atoms with Gasteiger partial charge in [0.05, 0.1) is 24.2 Å². The number of anilines is 1. The first-order chi connectivity index (χ1) is 28.2. The molecule has 1 aliphatic carbocycles. The van der Waals surface area contributed by atoms with Gasteiger partial charge in [-0.15, -0.1) is 6.42 Å². The molecule has 59 heavy (non-hydrogen) atoms. The topological polar surface area (TPSA) is 113 Å². The molecule has 4 aromatic rings. The van der Waals surface area contributed by atoms with Gasteiger partial charge >= 0.3 is 18.3 Å². The van der Waals surface area contributed by atoms with Gasteiger partial charge in [0, 0.05) is 61.4 Å². The number of aromatic nitrogens is 3. The first-order valence-corrected chi connectivity index (χ1v) is 20.2. The number of ether oxygens (including phenoxy) is 3. The van der Waals surface area contributed by atoms with Gasteiger partial charge in [-0.3, -0.25) is 9.88 Å². The number of terminal acetylenes is 1. The summed E-state index contributed by atoms with van der Waals surface area (Å²) in [5, 5.41) is 11.6. The number of hydrogen-bond donors (Lipinski definition) is 1. The van der Waals surface area contributed by atoms with Crippen molar-refractivity contribution in [1.82, 2.24) is 24.8 Å². The van der Waals surface area contributed by atoms with Crippen LogP contribution in [0.2, 0.25) is 0 Å². The number of nitrogens with zero attached hydrogens (tertiary/aromatic N) is 6. The first kappa shape index (κ1) is 40.8. The van der Waals surface area contributed by atoms with Crippen LogP contribution < -0.4 is 9.64 Å². The Labute approximate surface area is 338 Å². The quantitative estimate of drug-likeness (QED) is 0.132. The van der Waals surface area contributed by atoms with E-state index in [1.165, 1.54) is 35.4 Å². The molecule has 4 fully saturated rings. The average Bonchev–Trinajstić information content (AvgIpc) is 3.42. The maximum Gasteiger partial charge on any atom is 0.427 e. The Morgan fingerprint density at radius 2 is 1.86 bits per heavy atom. The summed E-state index contributed by atoms with van der Waals surface area (Å²) in [6.45, 7) is 6.50. The number of pyridine rings is 1. The lowest BCUT2D eigenvalue weighted by molar-refractivity contribution is -0.247. The number of carbonyl (C=O) groups is 1. The molecule has 4 aliphatic rings. The molecule has 2 aromatic heterocycles. The van der Waals surface area contributed by atoms with Crippen LogP contribution in [0.25, 0.3) is 32.9 Å². The van der Waals surface area contributed by atoms with Crippen molar-refractivity contribution in [2.45, 2.75) is 76.6 Å². The minimum atomic E-state index is -4.67. The number of hydrogen-bond acceptors (Lipinski definition) is 10. The standard InChI is InChI=1S/C43H47F5N6O5/c1-4-29-32(44)10-9-27-20-28(55)21-30(34(27)29)36-35(45)37-31(22-49-36)38(53-15-7-18-57-19-17-53)51-39(50-37)58-25-42-12-5-8-33(42)52(14-6-13-42)16-11-26-23-54(24-26)40(56)59-41(2,3)43(46,47)48/h1,9-10,20-22,26,33,55H,5-8,11-19,23-25H2,2-3H3. The van der Waals surface area contributed by atoms with Gasteiger partial charge in [0.15, 0.2) is 5.82 Å². The third-order valence-corrected chi connectivity index (χ3v) is 12.6. The van der Waals surface area contributed by atoms with Gasteiger partial charge < -0.3 is 29.1 Å². The summed E-state index contributed by atoms with van der Waals surface area (Å²) in [7, 11) is 0. The molecular formula is C43H47F5N6O5. The van der Waals surface area contributed by atoms with Gasteiger partial charge in [0.25, 0.3) is 0 Å². The van der Waals surface area contributed by atoms with E-state index < -0.39 is 29.5 Å². The minimum Gasteiger partial charge on any atom is -0.508 e. The maximum absolute atomic E-state index is 17.0. The van der Waals surface area contributed by atoms with E-state index >= 15 is 4.39 Å². The number of halogens is 5. The molecule has 5 heterocycles. The number of phenols is 1. The summed E-state index contributed by atoms with van der Waals surface area (Å²) in [6.07, 6.45) is 7.87. The molecule has 1 saturated carbocycles. The van der Waals surface area contributed by atoms with E-state index in [1.54, 1.807) is 0 Å². The molecule has 8 rings (SSSR count). The molecule has 1 amide bonds. The van der Waals surface area contributed by atoms with Gasteiger partial charge in [-0.25, -0.2) is 13.6 Å². The highest BCUT2D eigenvalue weighted by molar-refractivity contribution is 6.03. The summed E-state index contributed by atoms with van der Waals surface area (Å²) in [6, 6.07) is 5.64. The lowest BCUT2D eigenvalue weighted by Gasteiger charge is -2.47. The Bertz CT molecular complexity index is 2290. The number of benzene rings is 2. The van der Waals surface area contributed by atoms with Crippen molar-refractivity contribution in [3.63, 3.8) is 0 Å². The van der Waals surface area contributed by atoms with Gasteiger partial charge in [-0.2, -0.15) is 23.1 Å². The average molecular weight is 823 g/mol. The van der Waals surface area contributed by atoms with Crippen LogP contribution in [-0.2, 0) is 9.47 Å². The zero-order chi connectivity index (χ0) is 41.7. The predicted molar refractivity (Wildman–Crippen MR) is 210 cm³/mol. The Kier molecular flexibility index (Phi) is 11.0. The number of alkyl halides is 3. The molecule has 2 unspecified atom stereocenters. The Hall–Kier alpha value is -5.01. The first-order valence-electron chi connectivity index (χ1n) is 20.2. The third-order valence-electron chi connectivity index (χ3n) is 12.6. The van der Waals surface area contributed by atoms with Crippen LogP contribution in [0.15, 0.2) is 30.5 Å². The normalized spacial score (nSPS) is 21.9. The highest BCUT2D eigenvalue weighted by atomic mass is 19.4. The summed E-state index contributed by atoms with van der Waals surface area (Å²) >= 11 is 0.